The van der Waals surface area contributed by atoms with Crippen LogP contribution in [0, 0.1) is 5.41 Å². The highest BCUT2D eigenvalue weighted by atomic mass is 32.2. The van der Waals surface area contributed by atoms with E-state index in [4.69, 9.17) is 19.7 Å². The summed E-state index contributed by atoms with van der Waals surface area (Å²) in [6.45, 7) is 1.21. The Bertz CT molecular complexity index is 428. The molecule has 132 valence electrons. The van der Waals surface area contributed by atoms with Crippen LogP contribution in [-0.4, -0.2) is 65.2 Å². The van der Waals surface area contributed by atoms with Crippen molar-refractivity contribution in [3.05, 3.63) is 0 Å². The van der Waals surface area contributed by atoms with Crippen molar-refractivity contribution in [1.82, 2.24) is 5.32 Å². The maximum atomic E-state index is 11.7. The summed E-state index contributed by atoms with van der Waals surface area (Å²) >= 11 is 1.81. The molecule has 3 atom stereocenters. The molecule has 7 nitrogen and oxygen atoms in total. The van der Waals surface area contributed by atoms with Gasteiger partial charge in [-0.1, -0.05) is 6.92 Å². The van der Waals surface area contributed by atoms with Crippen molar-refractivity contribution in [1.29, 1.82) is 0 Å². The van der Waals surface area contributed by atoms with Gasteiger partial charge in [0.2, 0.25) is 0 Å². The van der Waals surface area contributed by atoms with E-state index in [0.717, 1.165) is 18.6 Å². The van der Waals surface area contributed by atoms with Crippen molar-refractivity contribution in [3.8, 4) is 0 Å². The molecule has 2 aliphatic heterocycles. The zero-order valence-electron chi connectivity index (χ0n) is 13.3. The Balaban J connectivity index is 1.61. The van der Waals surface area contributed by atoms with Crippen LogP contribution < -0.4 is 5.32 Å². The zero-order valence-corrected chi connectivity index (χ0v) is 14.1. The lowest BCUT2D eigenvalue weighted by Gasteiger charge is -2.29. The number of ether oxygens (including phenoxy) is 2. The summed E-state index contributed by atoms with van der Waals surface area (Å²) in [4.78, 5) is 22.9. The van der Waals surface area contributed by atoms with Crippen LogP contribution in [-0.2, 0) is 14.3 Å². The van der Waals surface area contributed by atoms with Gasteiger partial charge >= 0.3 is 12.1 Å². The summed E-state index contributed by atoms with van der Waals surface area (Å²) < 4.78 is 10.3. The van der Waals surface area contributed by atoms with Crippen molar-refractivity contribution in [3.63, 3.8) is 0 Å². The van der Waals surface area contributed by atoms with E-state index >= 15 is 0 Å². The van der Waals surface area contributed by atoms with Gasteiger partial charge in [0.15, 0.2) is 0 Å². The number of carbonyl (C=O) groups is 2. The first kappa shape index (κ1) is 18.4. The average Bonchev–Trinajstić information content (AvgIpc) is 2.92. The number of carbonyl (C=O) groups excluding carboxylic acids is 2. The minimum Gasteiger partial charge on any atom is -0.465 e. The largest absolute Gasteiger partial charge is 0.465 e. The van der Waals surface area contributed by atoms with Crippen LogP contribution in [0.15, 0.2) is 0 Å². The molecule has 1 unspecified atom stereocenters. The molecule has 0 aromatic heterocycles. The van der Waals surface area contributed by atoms with E-state index < -0.39 is 5.41 Å². The topological polar surface area (TPSA) is 105 Å². The lowest BCUT2D eigenvalue weighted by molar-refractivity contribution is -0.149. The molecule has 2 saturated heterocycles. The maximum Gasteiger partial charge on any atom is 0.407 e. The highest BCUT2D eigenvalue weighted by Gasteiger charge is 2.39. The van der Waals surface area contributed by atoms with Gasteiger partial charge in [-0.3, -0.25) is 4.79 Å². The number of aliphatic hydroxyl groups excluding tert-OH is 2. The van der Waals surface area contributed by atoms with Gasteiger partial charge in [0.25, 0.3) is 0 Å². The predicted molar refractivity (Wildman–Crippen MR) is 85.1 cm³/mol. The molecule has 0 saturated carbocycles. The molecule has 3 N–H and O–H groups in total. The molecular formula is C15H25NO6S. The lowest BCUT2D eigenvalue weighted by atomic mass is 9.94. The molecule has 23 heavy (non-hydrogen) atoms. The second-order valence-corrected chi connectivity index (χ2v) is 7.90. The molecule has 0 aliphatic carbocycles. The second-order valence-electron chi connectivity index (χ2n) is 6.57. The fraction of sp³-hybridized carbons (Fsp3) is 0.867. The predicted octanol–water partition coefficient (Wildman–Crippen LogP) is 0.673. The van der Waals surface area contributed by atoms with Crippen LogP contribution in [0.3, 0.4) is 0 Å². The molecule has 0 spiro atoms. The number of amides is 1. The zero-order chi connectivity index (χ0) is 16.9. The number of fused-ring (bicyclic) bond motifs is 1. The van der Waals surface area contributed by atoms with E-state index in [1.165, 1.54) is 0 Å². The minimum absolute atomic E-state index is 0.0163. The van der Waals surface area contributed by atoms with Gasteiger partial charge < -0.3 is 25.0 Å². The van der Waals surface area contributed by atoms with Gasteiger partial charge in [-0.15, -0.1) is 0 Å². The molecule has 2 heterocycles. The van der Waals surface area contributed by atoms with Gasteiger partial charge in [0, 0.05) is 22.8 Å². The number of aliphatic hydroxyl groups is 2. The standard InChI is InChI=1S/C15H25NO6S/c1-15(7-17,8-18)9-21-13(19)4-2-3-10-5-12-11(6-23-10)16-14(20)22-12/h10-12,17-18H,2-9H2,1H3,(H,16,20)/t10-,11?,12+/m0/s1. The Hall–Kier alpha value is -0.990. The monoisotopic (exact) mass is 347 g/mol. The molecule has 0 radical (unpaired) electrons. The molecule has 2 fully saturated rings. The number of hydrogen-bond donors (Lipinski definition) is 3. The summed E-state index contributed by atoms with van der Waals surface area (Å²) in [6.07, 6.45) is 2.34. The van der Waals surface area contributed by atoms with Crippen LogP contribution in [0.5, 0.6) is 0 Å². The number of nitrogens with one attached hydrogen (secondary N) is 1. The third-order valence-corrected chi connectivity index (χ3v) is 5.72. The molecular weight excluding hydrogens is 322 g/mol. The molecule has 2 aliphatic rings. The van der Waals surface area contributed by atoms with Crippen LogP contribution >= 0.6 is 11.8 Å². The van der Waals surface area contributed by atoms with Gasteiger partial charge in [0.1, 0.15) is 12.7 Å². The SMILES string of the molecule is CC(CO)(CO)COC(=O)CCC[C@H]1C[C@H]2OC(=O)NC2CS1. The van der Waals surface area contributed by atoms with Gasteiger partial charge in [-0.05, 0) is 19.3 Å². The van der Waals surface area contributed by atoms with E-state index in [-0.39, 0.29) is 44.0 Å². The number of esters is 1. The lowest BCUT2D eigenvalue weighted by Crippen LogP contribution is -2.39. The quantitative estimate of drug-likeness (QED) is 0.554. The normalized spacial score (nSPS) is 27.1. The van der Waals surface area contributed by atoms with Crippen molar-refractivity contribution in [2.45, 2.75) is 50.0 Å². The van der Waals surface area contributed by atoms with E-state index in [9.17, 15) is 9.59 Å². The molecule has 8 heteroatoms. The fourth-order valence-corrected chi connectivity index (χ4v) is 4.01. The summed E-state index contributed by atoms with van der Waals surface area (Å²) in [5.41, 5.74) is -0.788. The van der Waals surface area contributed by atoms with E-state index in [2.05, 4.69) is 5.32 Å². The Kier molecular flexibility index (Phi) is 6.55. The molecule has 1 amide bonds. The highest BCUT2D eigenvalue weighted by molar-refractivity contribution is 8.00. The van der Waals surface area contributed by atoms with Crippen LogP contribution in [0.1, 0.15) is 32.6 Å². The summed E-state index contributed by atoms with van der Waals surface area (Å²) in [5.74, 6) is 0.530. The first-order chi connectivity index (χ1) is 11.0. The maximum absolute atomic E-state index is 11.7. The second kappa shape index (κ2) is 8.21. The first-order valence-electron chi connectivity index (χ1n) is 7.92. The Morgan fingerprint density at radius 1 is 1.48 bits per heavy atom. The van der Waals surface area contributed by atoms with Crippen molar-refractivity contribution in [2.75, 3.05) is 25.6 Å². The molecule has 0 aromatic carbocycles. The summed E-state index contributed by atoms with van der Waals surface area (Å²) in [7, 11) is 0. The van der Waals surface area contributed by atoms with Gasteiger partial charge in [0.05, 0.1) is 19.3 Å². The molecule has 0 aromatic rings. The number of alkyl carbamates (subject to hydrolysis) is 1. The average molecular weight is 347 g/mol. The van der Waals surface area contributed by atoms with Gasteiger partial charge in [-0.2, -0.15) is 11.8 Å². The molecule has 2 rings (SSSR count). The fourth-order valence-electron chi connectivity index (χ4n) is 2.57. The van der Waals surface area contributed by atoms with Crippen LogP contribution in [0.4, 0.5) is 4.79 Å². The molecule has 0 bridgehead atoms. The Labute approximate surface area is 140 Å². The Morgan fingerprint density at radius 2 is 2.22 bits per heavy atom. The third kappa shape index (κ3) is 5.26. The van der Waals surface area contributed by atoms with Crippen LogP contribution in [0.25, 0.3) is 0 Å². The summed E-state index contributed by atoms with van der Waals surface area (Å²) in [5, 5.41) is 21.5. The minimum atomic E-state index is -0.788. The summed E-state index contributed by atoms with van der Waals surface area (Å²) in [6, 6.07) is 0.114. The van der Waals surface area contributed by atoms with Gasteiger partial charge in [-0.25, -0.2) is 4.79 Å². The number of rotatable bonds is 8. The first-order valence-corrected chi connectivity index (χ1v) is 8.97. The van der Waals surface area contributed by atoms with Crippen LogP contribution in [0.2, 0.25) is 0 Å². The third-order valence-electron chi connectivity index (χ3n) is 4.27. The van der Waals surface area contributed by atoms with E-state index in [0.29, 0.717) is 18.1 Å². The smallest absolute Gasteiger partial charge is 0.407 e. The van der Waals surface area contributed by atoms with Crippen molar-refractivity contribution in [2.24, 2.45) is 5.41 Å². The van der Waals surface area contributed by atoms with E-state index in [1.807, 2.05) is 0 Å². The number of hydrogen-bond acceptors (Lipinski definition) is 7. The van der Waals surface area contributed by atoms with E-state index in [1.54, 1.807) is 18.7 Å². The number of thioether (sulfide) groups is 1. The Morgan fingerprint density at radius 3 is 2.91 bits per heavy atom. The van der Waals surface area contributed by atoms with Crippen molar-refractivity contribution < 1.29 is 29.3 Å². The highest BCUT2D eigenvalue weighted by Crippen LogP contribution is 2.33. The van der Waals surface area contributed by atoms with Crippen molar-refractivity contribution >= 4 is 23.8 Å².